The fourth-order valence-corrected chi connectivity index (χ4v) is 2.65. The standard InChI is InChI=1S/C21H22Cl2N2O3/c1-21(2,3)20(27)25-17(11-13-7-5-6-8-18(13)28-4)19(26)24-16-10-9-14(22)12-15(16)23/h5-12H,1-4H3,(H,24,26)(H,25,27)/b17-11+. The number of benzene rings is 2. The molecule has 148 valence electrons. The van der Waals surface area contributed by atoms with E-state index < -0.39 is 11.3 Å². The van der Waals surface area contributed by atoms with Crippen molar-refractivity contribution in [1.82, 2.24) is 5.32 Å². The van der Waals surface area contributed by atoms with E-state index >= 15 is 0 Å². The first-order valence-corrected chi connectivity index (χ1v) is 9.30. The molecule has 2 N–H and O–H groups in total. The summed E-state index contributed by atoms with van der Waals surface area (Å²) in [6.07, 6.45) is 1.56. The van der Waals surface area contributed by atoms with Crippen LogP contribution in [0.25, 0.3) is 6.08 Å². The number of methoxy groups -OCH3 is 1. The lowest BCUT2D eigenvalue weighted by Gasteiger charge is -2.19. The van der Waals surface area contributed by atoms with Crippen LogP contribution in [0.1, 0.15) is 26.3 Å². The first kappa shape index (κ1) is 21.8. The Bertz CT molecular complexity index is 918. The molecule has 0 aliphatic carbocycles. The molecule has 2 aromatic carbocycles. The summed E-state index contributed by atoms with van der Waals surface area (Å²) in [6.45, 7) is 5.28. The van der Waals surface area contributed by atoms with Gasteiger partial charge in [0.1, 0.15) is 11.4 Å². The first-order valence-electron chi connectivity index (χ1n) is 8.54. The van der Waals surface area contributed by atoms with Crippen LogP contribution in [0.15, 0.2) is 48.2 Å². The van der Waals surface area contributed by atoms with Crippen molar-refractivity contribution in [2.24, 2.45) is 5.41 Å². The molecule has 0 fully saturated rings. The zero-order valence-corrected chi connectivity index (χ0v) is 17.6. The lowest BCUT2D eigenvalue weighted by atomic mass is 9.95. The van der Waals surface area contributed by atoms with E-state index in [0.29, 0.717) is 27.0 Å². The van der Waals surface area contributed by atoms with E-state index in [-0.39, 0.29) is 11.6 Å². The van der Waals surface area contributed by atoms with Gasteiger partial charge in [-0.15, -0.1) is 0 Å². The topological polar surface area (TPSA) is 67.4 Å². The molecule has 28 heavy (non-hydrogen) atoms. The van der Waals surface area contributed by atoms with Crippen LogP contribution in [-0.4, -0.2) is 18.9 Å². The van der Waals surface area contributed by atoms with E-state index in [1.165, 1.54) is 13.2 Å². The van der Waals surface area contributed by atoms with Gasteiger partial charge in [-0.1, -0.05) is 62.2 Å². The minimum atomic E-state index is -0.682. The summed E-state index contributed by atoms with van der Waals surface area (Å²) < 4.78 is 5.32. The van der Waals surface area contributed by atoms with Crippen LogP contribution in [0.2, 0.25) is 10.0 Å². The largest absolute Gasteiger partial charge is 0.496 e. The van der Waals surface area contributed by atoms with Gasteiger partial charge in [0.2, 0.25) is 5.91 Å². The molecular formula is C21H22Cl2N2O3. The number of hydrogen-bond donors (Lipinski definition) is 2. The Labute approximate surface area is 174 Å². The molecule has 0 radical (unpaired) electrons. The number of ether oxygens (including phenoxy) is 1. The average molecular weight is 421 g/mol. The van der Waals surface area contributed by atoms with Crippen LogP contribution in [-0.2, 0) is 9.59 Å². The molecule has 2 amide bonds. The summed E-state index contributed by atoms with van der Waals surface area (Å²) in [5.74, 6) is -0.249. The Morgan fingerprint density at radius 2 is 1.75 bits per heavy atom. The van der Waals surface area contributed by atoms with E-state index in [9.17, 15) is 9.59 Å². The van der Waals surface area contributed by atoms with Crippen molar-refractivity contribution >= 4 is 46.8 Å². The molecule has 0 aromatic heterocycles. The second-order valence-electron chi connectivity index (χ2n) is 7.08. The summed E-state index contributed by atoms with van der Waals surface area (Å²) in [5.41, 5.74) is 0.409. The van der Waals surface area contributed by atoms with Crippen molar-refractivity contribution in [3.63, 3.8) is 0 Å². The van der Waals surface area contributed by atoms with Gasteiger partial charge in [-0.05, 0) is 30.3 Å². The van der Waals surface area contributed by atoms with Crippen LogP contribution < -0.4 is 15.4 Å². The molecule has 0 aliphatic rings. The molecule has 0 unspecified atom stereocenters. The van der Waals surface area contributed by atoms with Gasteiger partial charge in [-0.25, -0.2) is 0 Å². The number of carbonyl (C=O) groups is 2. The molecule has 2 rings (SSSR count). The van der Waals surface area contributed by atoms with Crippen molar-refractivity contribution in [1.29, 1.82) is 0 Å². The lowest BCUT2D eigenvalue weighted by Crippen LogP contribution is -2.38. The van der Waals surface area contributed by atoms with Crippen molar-refractivity contribution in [2.45, 2.75) is 20.8 Å². The molecule has 0 bridgehead atoms. The van der Waals surface area contributed by atoms with Crippen molar-refractivity contribution in [3.05, 3.63) is 63.8 Å². The molecule has 7 heteroatoms. The highest BCUT2D eigenvalue weighted by molar-refractivity contribution is 6.36. The van der Waals surface area contributed by atoms with E-state index in [2.05, 4.69) is 10.6 Å². The molecule has 2 aromatic rings. The molecule has 0 aliphatic heterocycles. The van der Waals surface area contributed by atoms with Gasteiger partial charge in [0.15, 0.2) is 0 Å². The normalized spacial score (nSPS) is 11.7. The number of nitrogens with one attached hydrogen (secondary N) is 2. The van der Waals surface area contributed by atoms with Crippen LogP contribution in [0.3, 0.4) is 0 Å². The molecule has 0 saturated heterocycles. The number of carbonyl (C=O) groups excluding carboxylic acids is 2. The summed E-state index contributed by atoms with van der Waals surface area (Å²) in [7, 11) is 1.54. The molecule has 5 nitrogen and oxygen atoms in total. The fraction of sp³-hybridized carbons (Fsp3) is 0.238. The van der Waals surface area contributed by atoms with Crippen LogP contribution in [0.5, 0.6) is 5.75 Å². The Balaban J connectivity index is 2.40. The minimum Gasteiger partial charge on any atom is -0.496 e. The third-order valence-electron chi connectivity index (χ3n) is 3.79. The van der Waals surface area contributed by atoms with Gasteiger partial charge in [0, 0.05) is 16.0 Å². The maximum absolute atomic E-state index is 12.9. The third kappa shape index (κ3) is 5.75. The van der Waals surface area contributed by atoms with Gasteiger partial charge in [-0.3, -0.25) is 9.59 Å². The third-order valence-corrected chi connectivity index (χ3v) is 4.34. The van der Waals surface area contributed by atoms with Crippen molar-refractivity contribution in [2.75, 3.05) is 12.4 Å². The summed E-state index contributed by atoms with van der Waals surface area (Å²) in [5, 5.41) is 6.14. The monoisotopic (exact) mass is 420 g/mol. The number of hydrogen-bond acceptors (Lipinski definition) is 3. The van der Waals surface area contributed by atoms with Gasteiger partial charge < -0.3 is 15.4 Å². The maximum Gasteiger partial charge on any atom is 0.272 e. The van der Waals surface area contributed by atoms with E-state index in [4.69, 9.17) is 27.9 Å². The number of para-hydroxylation sites is 1. The maximum atomic E-state index is 12.9. The van der Waals surface area contributed by atoms with Crippen molar-refractivity contribution < 1.29 is 14.3 Å². The number of halogens is 2. The van der Waals surface area contributed by atoms with E-state index in [0.717, 1.165) is 0 Å². The number of amides is 2. The predicted molar refractivity (Wildman–Crippen MR) is 114 cm³/mol. The van der Waals surface area contributed by atoms with Gasteiger partial charge in [0.05, 0.1) is 17.8 Å². The smallest absolute Gasteiger partial charge is 0.272 e. The SMILES string of the molecule is COc1ccccc1/C=C(/NC(=O)C(C)(C)C)C(=O)Nc1ccc(Cl)cc1Cl. The second kappa shape index (κ2) is 9.13. The van der Waals surface area contributed by atoms with Crippen LogP contribution in [0, 0.1) is 5.41 Å². The van der Waals surface area contributed by atoms with E-state index in [1.807, 2.05) is 12.1 Å². The van der Waals surface area contributed by atoms with Crippen molar-refractivity contribution in [3.8, 4) is 5.75 Å². The first-order chi connectivity index (χ1) is 13.1. The number of anilines is 1. The highest BCUT2D eigenvalue weighted by Crippen LogP contribution is 2.26. The number of rotatable bonds is 5. The van der Waals surface area contributed by atoms with Gasteiger partial charge in [0.25, 0.3) is 5.91 Å². The average Bonchev–Trinajstić information content (AvgIpc) is 2.63. The quantitative estimate of drug-likeness (QED) is 0.657. The Kier molecular flexibility index (Phi) is 7.11. The second-order valence-corrected chi connectivity index (χ2v) is 7.93. The highest BCUT2D eigenvalue weighted by Gasteiger charge is 2.24. The summed E-state index contributed by atoms with van der Waals surface area (Å²) in [4.78, 5) is 25.4. The minimum absolute atomic E-state index is 0.0652. The summed E-state index contributed by atoms with van der Waals surface area (Å²) in [6, 6.07) is 11.9. The Morgan fingerprint density at radius 1 is 1.07 bits per heavy atom. The molecule has 0 spiro atoms. The fourth-order valence-electron chi connectivity index (χ4n) is 2.19. The van der Waals surface area contributed by atoms with Crippen LogP contribution >= 0.6 is 23.2 Å². The van der Waals surface area contributed by atoms with Gasteiger partial charge in [-0.2, -0.15) is 0 Å². The highest BCUT2D eigenvalue weighted by atomic mass is 35.5. The lowest BCUT2D eigenvalue weighted by molar-refractivity contribution is -0.128. The molecule has 0 atom stereocenters. The van der Waals surface area contributed by atoms with Gasteiger partial charge >= 0.3 is 0 Å². The zero-order valence-electron chi connectivity index (χ0n) is 16.1. The van der Waals surface area contributed by atoms with E-state index in [1.54, 1.807) is 51.1 Å². The summed E-state index contributed by atoms with van der Waals surface area (Å²) >= 11 is 12.0. The van der Waals surface area contributed by atoms with Crippen LogP contribution in [0.4, 0.5) is 5.69 Å². The molecule has 0 saturated carbocycles. The molecular weight excluding hydrogens is 399 g/mol. The Hall–Kier alpha value is -2.50. The predicted octanol–water partition coefficient (Wildman–Crippen LogP) is 5.14. The zero-order chi connectivity index (χ0) is 20.9. The molecule has 0 heterocycles. The Morgan fingerprint density at radius 3 is 2.36 bits per heavy atom.